The highest BCUT2D eigenvalue weighted by Gasteiger charge is 2.24. The smallest absolute Gasteiger partial charge is 0.354 e. The number of methoxy groups -OCH3 is 1. The Kier molecular flexibility index (Phi) is 4.51. The monoisotopic (exact) mass is 355 g/mol. The fraction of sp³-hybridized carbons (Fsp3) is 0.350. The molecule has 0 saturated carbocycles. The van der Waals surface area contributed by atoms with Crippen LogP contribution < -0.4 is 0 Å². The number of likely N-dealkylation sites (tertiary alicyclic amines) is 1. The summed E-state index contributed by atoms with van der Waals surface area (Å²) >= 11 is 0. The van der Waals surface area contributed by atoms with E-state index in [2.05, 4.69) is 16.0 Å². The minimum atomic E-state index is -0.289. The molecule has 0 bridgehead atoms. The lowest BCUT2D eigenvalue weighted by Crippen LogP contribution is -2.34. The molecule has 1 aromatic carbocycles. The molecule has 5 nitrogen and oxygen atoms in total. The number of aromatic amines is 1. The summed E-state index contributed by atoms with van der Waals surface area (Å²) in [5.74, 6) is -0.511. The predicted molar refractivity (Wildman–Crippen MR) is 97.6 cm³/mol. The molecule has 1 aliphatic heterocycles. The van der Waals surface area contributed by atoms with Gasteiger partial charge in [-0.15, -0.1) is 0 Å². The van der Waals surface area contributed by atoms with Gasteiger partial charge in [0.1, 0.15) is 11.5 Å². The van der Waals surface area contributed by atoms with E-state index in [9.17, 15) is 9.18 Å². The number of carbonyl (C=O) groups excluding carboxylic acids is 1. The molecule has 0 aliphatic carbocycles. The van der Waals surface area contributed by atoms with Gasteiger partial charge in [-0.05, 0) is 54.6 Å². The summed E-state index contributed by atoms with van der Waals surface area (Å²) in [6.07, 6.45) is 3.92. The number of aromatic nitrogens is 2. The standard InChI is InChI=1S/C20H22FN3O2/c1-26-20(25)19-3-2-8-24(19)17-6-9-23(10-7-17)13-16-11-14-4-5-15(21)12-18(14)22-16/h2-5,8,11-12,17,22H,6-7,9-10,13H2,1H3. The minimum absolute atomic E-state index is 0.222. The molecule has 0 radical (unpaired) electrons. The zero-order chi connectivity index (χ0) is 18.1. The Hall–Kier alpha value is -2.60. The van der Waals surface area contributed by atoms with Crippen molar-refractivity contribution in [3.05, 3.63) is 59.8 Å². The maximum absolute atomic E-state index is 13.3. The Bertz CT molecular complexity index is 922. The van der Waals surface area contributed by atoms with Crippen LogP contribution in [0.5, 0.6) is 0 Å². The van der Waals surface area contributed by atoms with Gasteiger partial charge in [-0.2, -0.15) is 0 Å². The Balaban J connectivity index is 1.40. The van der Waals surface area contributed by atoms with Crippen LogP contribution in [0, 0.1) is 5.82 Å². The number of rotatable bonds is 4. The molecule has 6 heteroatoms. The first-order valence-corrected chi connectivity index (χ1v) is 8.88. The third-order valence-corrected chi connectivity index (χ3v) is 5.16. The number of H-pyrrole nitrogens is 1. The first kappa shape index (κ1) is 16.8. The molecular weight excluding hydrogens is 333 g/mol. The normalized spacial score (nSPS) is 16.2. The number of carbonyl (C=O) groups is 1. The third-order valence-electron chi connectivity index (χ3n) is 5.16. The second-order valence-electron chi connectivity index (χ2n) is 6.83. The summed E-state index contributed by atoms with van der Waals surface area (Å²) in [7, 11) is 1.41. The summed E-state index contributed by atoms with van der Waals surface area (Å²) in [5.41, 5.74) is 2.55. The van der Waals surface area contributed by atoms with Crippen molar-refractivity contribution >= 4 is 16.9 Å². The number of piperidine rings is 1. The molecule has 136 valence electrons. The van der Waals surface area contributed by atoms with E-state index in [1.807, 2.05) is 22.9 Å². The van der Waals surface area contributed by atoms with Crippen LogP contribution in [0.25, 0.3) is 10.9 Å². The third kappa shape index (κ3) is 3.24. The van der Waals surface area contributed by atoms with Crippen LogP contribution >= 0.6 is 0 Å². The van der Waals surface area contributed by atoms with Gasteiger partial charge in [0.2, 0.25) is 0 Å². The van der Waals surface area contributed by atoms with Crippen molar-refractivity contribution in [3.63, 3.8) is 0 Å². The number of halogens is 1. The first-order valence-electron chi connectivity index (χ1n) is 8.88. The van der Waals surface area contributed by atoms with Gasteiger partial charge in [-0.1, -0.05) is 0 Å². The molecule has 4 rings (SSSR count). The topological polar surface area (TPSA) is 50.3 Å². The molecule has 1 saturated heterocycles. The highest BCUT2D eigenvalue weighted by molar-refractivity contribution is 5.87. The number of fused-ring (bicyclic) bond motifs is 1. The zero-order valence-electron chi connectivity index (χ0n) is 14.7. The van der Waals surface area contributed by atoms with Gasteiger partial charge in [-0.3, -0.25) is 4.90 Å². The summed E-state index contributed by atoms with van der Waals surface area (Å²) in [6, 6.07) is 10.9. The van der Waals surface area contributed by atoms with Gasteiger partial charge < -0.3 is 14.3 Å². The molecule has 1 N–H and O–H groups in total. The lowest BCUT2D eigenvalue weighted by atomic mass is 10.0. The molecule has 0 amide bonds. The van der Waals surface area contributed by atoms with Crippen molar-refractivity contribution in [2.24, 2.45) is 0 Å². The van der Waals surface area contributed by atoms with Crippen molar-refractivity contribution in [2.75, 3.05) is 20.2 Å². The maximum Gasteiger partial charge on any atom is 0.354 e. The first-order chi connectivity index (χ1) is 12.6. The molecule has 2 aromatic heterocycles. The quantitative estimate of drug-likeness (QED) is 0.726. The molecule has 3 aromatic rings. The van der Waals surface area contributed by atoms with Gasteiger partial charge in [0.25, 0.3) is 0 Å². The van der Waals surface area contributed by atoms with Crippen molar-refractivity contribution in [3.8, 4) is 0 Å². The van der Waals surface area contributed by atoms with E-state index in [0.29, 0.717) is 11.7 Å². The van der Waals surface area contributed by atoms with Gasteiger partial charge in [0, 0.05) is 43.1 Å². The Morgan fingerprint density at radius 2 is 2.08 bits per heavy atom. The molecule has 1 fully saturated rings. The second-order valence-corrected chi connectivity index (χ2v) is 6.83. The van der Waals surface area contributed by atoms with E-state index in [-0.39, 0.29) is 11.8 Å². The molecule has 1 aliphatic rings. The lowest BCUT2D eigenvalue weighted by Gasteiger charge is -2.33. The SMILES string of the molecule is COC(=O)c1cccn1C1CCN(Cc2cc3ccc(F)cc3[nH]2)CC1. The van der Waals surface area contributed by atoms with Crippen molar-refractivity contribution < 1.29 is 13.9 Å². The van der Waals surface area contributed by atoms with E-state index in [4.69, 9.17) is 4.74 Å². The highest BCUT2D eigenvalue weighted by Crippen LogP contribution is 2.26. The molecule has 0 spiro atoms. The van der Waals surface area contributed by atoms with Gasteiger partial charge in [-0.25, -0.2) is 9.18 Å². The highest BCUT2D eigenvalue weighted by atomic mass is 19.1. The van der Waals surface area contributed by atoms with Crippen LogP contribution in [-0.2, 0) is 11.3 Å². The molecule has 0 unspecified atom stereocenters. The average Bonchev–Trinajstić information content (AvgIpc) is 3.28. The van der Waals surface area contributed by atoms with Crippen LogP contribution in [0.3, 0.4) is 0 Å². The van der Waals surface area contributed by atoms with Crippen LogP contribution in [0.2, 0.25) is 0 Å². The maximum atomic E-state index is 13.3. The largest absolute Gasteiger partial charge is 0.464 e. The number of esters is 1. The van der Waals surface area contributed by atoms with Crippen molar-refractivity contribution in [2.45, 2.75) is 25.4 Å². The number of nitrogens with one attached hydrogen (secondary N) is 1. The summed E-state index contributed by atoms with van der Waals surface area (Å²) in [6.45, 7) is 2.72. The van der Waals surface area contributed by atoms with E-state index < -0.39 is 0 Å². The molecule has 3 heterocycles. The summed E-state index contributed by atoms with van der Waals surface area (Å²) in [4.78, 5) is 17.6. The summed E-state index contributed by atoms with van der Waals surface area (Å²) < 4.78 is 20.2. The van der Waals surface area contributed by atoms with Crippen LogP contribution in [-0.4, -0.2) is 40.6 Å². The molecule has 0 atom stereocenters. The number of ether oxygens (including phenoxy) is 1. The zero-order valence-corrected chi connectivity index (χ0v) is 14.7. The van der Waals surface area contributed by atoms with Crippen LogP contribution in [0.4, 0.5) is 4.39 Å². The Morgan fingerprint density at radius 3 is 2.85 bits per heavy atom. The molecule has 26 heavy (non-hydrogen) atoms. The van der Waals surface area contributed by atoms with Crippen molar-refractivity contribution in [1.29, 1.82) is 0 Å². The van der Waals surface area contributed by atoms with E-state index >= 15 is 0 Å². The average molecular weight is 355 g/mol. The number of benzene rings is 1. The number of hydrogen-bond donors (Lipinski definition) is 1. The summed E-state index contributed by atoms with van der Waals surface area (Å²) in [5, 5.41) is 1.03. The van der Waals surface area contributed by atoms with Gasteiger partial charge in [0.05, 0.1) is 7.11 Å². The van der Waals surface area contributed by atoms with E-state index in [1.54, 1.807) is 6.07 Å². The lowest BCUT2D eigenvalue weighted by molar-refractivity contribution is 0.0581. The number of nitrogens with zero attached hydrogens (tertiary/aromatic N) is 2. The number of hydrogen-bond acceptors (Lipinski definition) is 3. The van der Waals surface area contributed by atoms with Gasteiger partial charge in [0.15, 0.2) is 0 Å². The minimum Gasteiger partial charge on any atom is -0.464 e. The Labute approximate surface area is 151 Å². The van der Waals surface area contributed by atoms with Crippen LogP contribution in [0.15, 0.2) is 42.6 Å². The fourth-order valence-corrected chi connectivity index (χ4v) is 3.83. The second kappa shape index (κ2) is 6.96. The van der Waals surface area contributed by atoms with Crippen molar-refractivity contribution in [1.82, 2.24) is 14.5 Å². The van der Waals surface area contributed by atoms with E-state index in [0.717, 1.165) is 49.1 Å². The Morgan fingerprint density at radius 1 is 1.27 bits per heavy atom. The van der Waals surface area contributed by atoms with Crippen LogP contribution in [0.1, 0.15) is 35.1 Å². The van der Waals surface area contributed by atoms with Gasteiger partial charge >= 0.3 is 5.97 Å². The van der Waals surface area contributed by atoms with E-state index in [1.165, 1.54) is 19.2 Å². The fourth-order valence-electron chi connectivity index (χ4n) is 3.83. The predicted octanol–water partition coefficient (Wildman–Crippen LogP) is 3.73. The molecular formula is C20H22FN3O2.